The zero-order valence-electron chi connectivity index (χ0n) is 20.5. The van der Waals surface area contributed by atoms with E-state index >= 15 is 0 Å². The number of rotatable bonds is 10. The van der Waals surface area contributed by atoms with E-state index in [4.69, 9.17) is 14.0 Å². The summed E-state index contributed by atoms with van der Waals surface area (Å²) in [6.07, 6.45) is 0.0851. The fourth-order valence-electron chi connectivity index (χ4n) is 3.78. The maximum Gasteiger partial charge on any atom is 0.412 e. The van der Waals surface area contributed by atoms with Gasteiger partial charge in [-0.15, -0.1) is 0 Å². The highest BCUT2D eigenvalue weighted by molar-refractivity contribution is 5.90. The normalized spacial score (nSPS) is 12.4. The van der Waals surface area contributed by atoms with Gasteiger partial charge in [-0.1, -0.05) is 65.8 Å². The Kier molecular flexibility index (Phi) is 8.15. The number of aryl methyl sites for hydroxylation is 1. The number of aliphatic carboxylic acids is 1. The minimum atomic E-state index is -0.959. The van der Waals surface area contributed by atoms with Crippen LogP contribution in [0.25, 0.3) is 11.3 Å². The van der Waals surface area contributed by atoms with Gasteiger partial charge >= 0.3 is 12.1 Å². The molecule has 4 aromatic rings. The van der Waals surface area contributed by atoms with Crippen molar-refractivity contribution in [3.05, 3.63) is 95.8 Å². The quantitative estimate of drug-likeness (QED) is 0.279. The zero-order valence-corrected chi connectivity index (χ0v) is 20.5. The molecule has 2 aromatic carbocycles. The van der Waals surface area contributed by atoms with Crippen molar-refractivity contribution in [3.63, 3.8) is 0 Å². The standard InChI is InChI=1S/C28H27N3O6/c1-18-26(30-28(34)35-19(2)21-11-7-4-8-12-21)27(37-31-18)22-13-14-24(29-17-22)36-23(16-25(32)33)15-20-9-5-3-6-10-20/h3-14,17,19,23H,15-16H2,1-2H3,(H,30,34)(H,32,33). The predicted molar refractivity (Wildman–Crippen MR) is 136 cm³/mol. The molecule has 0 radical (unpaired) electrons. The number of carbonyl (C=O) groups is 2. The second-order valence-corrected chi connectivity index (χ2v) is 8.47. The SMILES string of the molecule is Cc1noc(-c2ccc(OC(CC(=O)O)Cc3ccccc3)nc2)c1NC(=O)OC(C)c1ccccc1. The van der Waals surface area contributed by atoms with Crippen molar-refractivity contribution in [2.45, 2.75) is 38.9 Å². The molecule has 1 amide bonds. The van der Waals surface area contributed by atoms with Crippen LogP contribution in [0.5, 0.6) is 5.88 Å². The molecule has 2 N–H and O–H groups in total. The molecule has 0 spiro atoms. The lowest BCUT2D eigenvalue weighted by atomic mass is 10.1. The van der Waals surface area contributed by atoms with Crippen molar-refractivity contribution in [1.82, 2.24) is 10.1 Å². The number of carboxylic acids is 1. The highest BCUT2D eigenvalue weighted by atomic mass is 16.6. The van der Waals surface area contributed by atoms with Crippen LogP contribution in [0.1, 0.15) is 36.3 Å². The Morgan fingerprint density at radius 2 is 1.73 bits per heavy atom. The molecule has 0 bridgehead atoms. The molecular weight excluding hydrogens is 474 g/mol. The molecule has 2 aromatic heterocycles. The summed E-state index contributed by atoms with van der Waals surface area (Å²) in [5.74, 6) is -0.376. The van der Waals surface area contributed by atoms with Crippen molar-refractivity contribution < 1.29 is 28.7 Å². The van der Waals surface area contributed by atoms with Gasteiger partial charge in [0.2, 0.25) is 5.88 Å². The van der Waals surface area contributed by atoms with Gasteiger partial charge in [-0.25, -0.2) is 9.78 Å². The molecule has 37 heavy (non-hydrogen) atoms. The van der Waals surface area contributed by atoms with Crippen LogP contribution in [-0.4, -0.2) is 33.4 Å². The van der Waals surface area contributed by atoms with E-state index in [2.05, 4.69) is 15.5 Å². The van der Waals surface area contributed by atoms with Gasteiger partial charge in [0, 0.05) is 24.2 Å². The van der Waals surface area contributed by atoms with Gasteiger partial charge < -0.3 is 19.1 Å². The summed E-state index contributed by atoms with van der Waals surface area (Å²) in [5.41, 5.74) is 3.23. The van der Waals surface area contributed by atoms with Crippen LogP contribution in [0.3, 0.4) is 0 Å². The van der Waals surface area contributed by atoms with E-state index in [0.717, 1.165) is 11.1 Å². The topological polar surface area (TPSA) is 124 Å². The van der Waals surface area contributed by atoms with Gasteiger partial charge in [0.15, 0.2) is 5.76 Å². The summed E-state index contributed by atoms with van der Waals surface area (Å²) in [7, 11) is 0. The van der Waals surface area contributed by atoms with Crippen LogP contribution in [0.15, 0.2) is 83.5 Å². The van der Waals surface area contributed by atoms with Crippen molar-refractivity contribution in [2.75, 3.05) is 5.32 Å². The van der Waals surface area contributed by atoms with Gasteiger partial charge in [-0.3, -0.25) is 10.1 Å². The molecule has 0 aliphatic carbocycles. The Morgan fingerprint density at radius 3 is 2.38 bits per heavy atom. The molecule has 0 fully saturated rings. The van der Waals surface area contributed by atoms with Gasteiger partial charge in [-0.2, -0.15) is 0 Å². The molecule has 2 unspecified atom stereocenters. The molecule has 9 nitrogen and oxygen atoms in total. The van der Waals surface area contributed by atoms with Crippen molar-refractivity contribution in [1.29, 1.82) is 0 Å². The lowest BCUT2D eigenvalue weighted by Gasteiger charge is -2.17. The second kappa shape index (κ2) is 11.9. The van der Waals surface area contributed by atoms with Crippen LogP contribution >= 0.6 is 0 Å². The van der Waals surface area contributed by atoms with Crippen LogP contribution in [0, 0.1) is 6.92 Å². The fourth-order valence-corrected chi connectivity index (χ4v) is 3.78. The van der Waals surface area contributed by atoms with E-state index < -0.39 is 24.3 Å². The molecule has 2 atom stereocenters. The number of ether oxygens (including phenoxy) is 2. The number of nitrogens with zero attached hydrogens (tertiary/aromatic N) is 2. The van der Waals surface area contributed by atoms with Crippen LogP contribution in [-0.2, 0) is 16.0 Å². The minimum Gasteiger partial charge on any atom is -0.481 e. The number of nitrogens with one attached hydrogen (secondary N) is 1. The number of hydrogen-bond acceptors (Lipinski definition) is 7. The van der Waals surface area contributed by atoms with Crippen molar-refractivity contribution in [3.8, 4) is 17.2 Å². The summed E-state index contributed by atoms with van der Waals surface area (Å²) < 4.78 is 16.8. The maximum atomic E-state index is 12.6. The summed E-state index contributed by atoms with van der Waals surface area (Å²) in [4.78, 5) is 28.2. The minimum absolute atomic E-state index is 0.169. The number of anilines is 1. The maximum absolute atomic E-state index is 12.6. The number of pyridine rings is 1. The third-order valence-corrected chi connectivity index (χ3v) is 5.64. The average Bonchev–Trinajstić information content (AvgIpc) is 3.25. The third kappa shape index (κ3) is 6.94. The third-order valence-electron chi connectivity index (χ3n) is 5.64. The molecule has 9 heteroatoms. The summed E-state index contributed by atoms with van der Waals surface area (Å²) in [6.45, 7) is 3.49. The fraction of sp³-hybridized carbons (Fsp3) is 0.214. The van der Waals surface area contributed by atoms with E-state index in [9.17, 15) is 14.7 Å². The highest BCUT2D eigenvalue weighted by Gasteiger charge is 2.21. The van der Waals surface area contributed by atoms with Crippen LogP contribution in [0.4, 0.5) is 10.5 Å². The molecule has 0 aliphatic heterocycles. The first-order chi connectivity index (χ1) is 17.9. The molecule has 2 heterocycles. The van der Waals surface area contributed by atoms with Crippen LogP contribution < -0.4 is 10.1 Å². The molecule has 0 aliphatic rings. The van der Waals surface area contributed by atoms with E-state index in [1.807, 2.05) is 60.7 Å². The smallest absolute Gasteiger partial charge is 0.412 e. The molecule has 4 rings (SSSR count). The van der Waals surface area contributed by atoms with Gasteiger partial charge in [0.05, 0.1) is 6.42 Å². The second-order valence-electron chi connectivity index (χ2n) is 8.47. The Morgan fingerprint density at radius 1 is 1.03 bits per heavy atom. The lowest BCUT2D eigenvalue weighted by molar-refractivity contribution is -0.138. The first-order valence-electron chi connectivity index (χ1n) is 11.8. The zero-order chi connectivity index (χ0) is 26.2. The number of amides is 1. The number of hydrogen-bond donors (Lipinski definition) is 2. The first kappa shape index (κ1) is 25.4. The largest absolute Gasteiger partial charge is 0.481 e. The van der Waals surface area contributed by atoms with Gasteiger partial charge in [0.1, 0.15) is 23.6 Å². The number of aromatic nitrogens is 2. The number of carboxylic acid groups (broad SMARTS) is 1. The van der Waals surface area contributed by atoms with E-state index in [1.165, 1.54) is 6.20 Å². The highest BCUT2D eigenvalue weighted by Crippen LogP contribution is 2.32. The molecule has 0 saturated carbocycles. The summed E-state index contributed by atoms with van der Waals surface area (Å²) in [6, 6.07) is 22.2. The Hall–Kier alpha value is -4.66. The molecule has 0 saturated heterocycles. The molecular formula is C28H27N3O6. The van der Waals surface area contributed by atoms with Crippen molar-refractivity contribution >= 4 is 17.7 Å². The summed E-state index contributed by atoms with van der Waals surface area (Å²) in [5, 5.41) is 16.0. The number of carbonyl (C=O) groups excluding carboxylic acids is 1. The van der Waals surface area contributed by atoms with E-state index in [-0.39, 0.29) is 12.3 Å². The Labute approximate surface area is 214 Å². The Balaban J connectivity index is 1.44. The van der Waals surface area contributed by atoms with E-state index in [0.29, 0.717) is 29.1 Å². The summed E-state index contributed by atoms with van der Waals surface area (Å²) >= 11 is 0. The van der Waals surface area contributed by atoms with Crippen LogP contribution in [0.2, 0.25) is 0 Å². The van der Waals surface area contributed by atoms with Gasteiger partial charge in [0.25, 0.3) is 0 Å². The van der Waals surface area contributed by atoms with Gasteiger partial charge in [-0.05, 0) is 31.0 Å². The van der Waals surface area contributed by atoms with E-state index in [1.54, 1.807) is 26.0 Å². The average molecular weight is 502 g/mol. The number of benzene rings is 2. The first-order valence-corrected chi connectivity index (χ1v) is 11.8. The molecule has 190 valence electrons. The monoisotopic (exact) mass is 501 g/mol. The Bertz CT molecular complexity index is 1320. The predicted octanol–water partition coefficient (Wildman–Crippen LogP) is 5.82. The van der Waals surface area contributed by atoms with Crippen molar-refractivity contribution in [2.24, 2.45) is 0 Å². The lowest BCUT2D eigenvalue weighted by Crippen LogP contribution is -2.23.